The molecule has 2 atom stereocenters. The lowest BCUT2D eigenvalue weighted by atomic mass is 9.90. The van der Waals surface area contributed by atoms with Gasteiger partial charge in [0.2, 0.25) is 5.91 Å². The monoisotopic (exact) mass is 327 g/mol. The first-order valence-electron chi connectivity index (χ1n) is 8.60. The van der Waals surface area contributed by atoms with Gasteiger partial charge in [0, 0.05) is 6.54 Å². The number of rotatable bonds is 2. The Kier molecular flexibility index (Phi) is 4.06. The van der Waals surface area contributed by atoms with Gasteiger partial charge in [-0.2, -0.15) is 0 Å². The third kappa shape index (κ3) is 2.71. The highest BCUT2D eigenvalue weighted by Crippen LogP contribution is 2.28. The molecule has 2 aliphatic rings. The molecule has 1 amide bonds. The van der Waals surface area contributed by atoms with Crippen molar-refractivity contribution in [1.29, 1.82) is 0 Å². The minimum atomic E-state index is -0.240. The molecule has 0 N–H and O–H groups in total. The first kappa shape index (κ1) is 15.3. The number of morpholine rings is 1. The summed E-state index contributed by atoms with van der Waals surface area (Å²) in [4.78, 5) is 31.2. The summed E-state index contributed by atoms with van der Waals surface area (Å²) in [7, 11) is 0. The first-order chi connectivity index (χ1) is 11.7. The second-order valence-electron chi connectivity index (χ2n) is 6.52. The van der Waals surface area contributed by atoms with Gasteiger partial charge < -0.3 is 9.64 Å². The van der Waals surface area contributed by atoms with Crippen LogP contribution in [-0.4, -0.2) is 45.7 Å². The van der Waals surface area contributed by atoms with Gasteiger partial charge in [0.1, 0.15) is 6.54 Å². The first-order valence-corrected chi connectivity index (χ1v) is 8.60. The highest BCUT2D eigenvalue weighted by molar-refractivity contribution is 5.80. The number of amides is 1. The number of carbonyl (C=O) groups is 1. The molecule has 0 radical (unpaired) electrons. The molecule has 0 bridgehead atoms. The molecule has 1 saturated heterocycles. The van der Waals surface area contributed by atoms with E-state index in [2.05, 4.69) is 4.98 Å². The Morgan fingerprint density at radius 1 is 1.25 bits per heavy atom. The van der Waals surface area contributed by atoms with E-state index in [-0.39, 0.29) is 30.2 Å². The van der Waals surface area contributed by atoms with E-state index in [4.69, 9.17) is 4.74 Å². The third-order valence-electron chi connectivity index (χ3n) is 5.10. The van der Waals surface area contributed by atoms with E-state index in [9.17, 15) is 9.59 Å². The van der Waals surface area contributed by atoms with Crippen molar-refractivity contribution >= 4 is 16.9 Å². The summed E-state index contributed by atoms with van der Waals surface area (Å²) in [5.41, 5.74) is 1.18. The molecule has 1 aliphatic carbocycles. The zero-order valence-corrected chi connectivity index (χ0v) is 13.6. The van der Waals surface area contributed by atoms with Crippen LogP contribution in [0.3, 0.4) is 0 Å². The fourth-order valence-corrected chi connectivity index (χ4v) is 3.91. The van der Waals surface area contributed by atoms with Crippen molar-refractivity contribution in [2.45, 2.75) is 44.4 Å². The molecular formula is C18H21N3O3. The Morgan fingerprint density at radius 2 is 2.08 bits per heavy atom. The molecule has 1 aromatic carbocycles. The lowest BCUT2D eigenvalue weighted by molar-refractivity contribution is -0.150. The van der Waals surface area contributed by atoms with Crippen LogP contribution in [0, 0.1) is 0 Å². The van der Waals surface area contributed by atoms with E-state index in [0.717, 1.165) is 31.2 Å². The molecule has 2 aromatic rings. The second-order valence-corrected chi connectivity index (χ2v) is 6.52. The molecule has 1 aliphatic heterocycles. The fraction of sp³-hybridized carbons (Fsp3) is 0.500. The number of hydrogen-bond donors (Lipinski definition) is 0. The van der Waals surface area contributed by atoms with E-state index in [0.29, 0.717) is 18.7 Å². The van der Waals surface area contributed by atoms with E-state index < -0.39 is 0 Å². The topological polar surface area (TPSA) is 64.4 Å². The van der Waals surface area contributed by atoms with E-state index in [1.54, 1.807) is 0 Å². The molecule has 0 unspecified atom stereocenters. The number of carbonyl (C=O) groups excluding carboxylic acids is 1. The normalized spacial score (nSPS) is 23.9. The van der Waals surface area contributed by atoms with Gasteiger partial charge in [-0.25, -0.2) is 4.98 Å². The van der Waals surface area contributed by atoms with E-state index in [1.165, 1.54) is 10.8 Å². The van der Waals surface area contributed by atoms with Crippen molar-refractivity contribution in [1.82, 2.24) is 14.5 Å². The van der Waals surface area contributed by atoms with Crippen LogP contribution >= 0.6 is 0 Å². The predicted octanol–water partition coefficient (Wildman–Crippen LogP) is 1.57. The summed E-state index contributed by atoms with van der Waals surface area (Å²) >= 11 is 0. The molecule has 4 rings (SSSR count). The van der Waals surface area contributed by atoms with Crippen LogP contribution in [0.25, 0.3) is 11.0 Å². The molecule has 1 aromatic heterocycles. The number of benzene rings is 1. The molecule has 0 spiro atoms. The van der Waals surface area contributed by atoms with Crippen LogP contribution < -0.4 is 5.56 Å². The average molecular weight is 327 g/mol. The van der Waals surface area contributed by atoms with Crippen LogP contribution in [-0.2, 0) is 16.1 Å². The van der Waals surface area contributed by atoms with Crippen LogP contribution in [0.1, 0.15) is 25.7 Å². The Hall–Kier alpha value is -2.21. The number of fused-ring (bicyclic) bond motifs is 2. The molecule has 126 valence electrons. The predicted molar refractivity (Wildman–Crippen MR) is 89.7 cm³/mol. The smallest absolute Gasteiger partial charge is 0.269 e. The maximum atomic E-state index is 12.9. The Bertz CT molecular complexity index is 815. The summed E-state index contributed by atoms with van der Waals surface area (Å²) in [6.07, 6.45) is 5.75. The standard InChI is InChI=1S/C18H21N3O3/c22-17-11-19-13-5-1-2-6-14(13)21(17)12-18(23)20-9-10-24-16-8-4-3-7-15(16)20/h1-2,5-6,11,15-16H,3-4,7-10,12H2/t15-,16+/m1/s1. The molecule has 1 saturated carbocycles. The van der Waals surface area contributed by atoms with Crippen molar-refractivity contribution in [3.63, 3.8) is 0 Å². The minimum Gasteiger partial charge on any atom is -0.374 e. The summed E-state index contributed by atoms with van der Waals surface area (Å²) in [5.74, 6) is -0.00588. The summed E-state index contributed by atoms with van der Waals surface area (Å²) in [6.45, 7) is 1.25. The summed E-state index contributed by atoms with van der Waals surface area (Å²) < 4.78 is 7.36. The van der Waals surface area contributed by atoms with Crippen molar-refractivity contribution in [2.75, 3.05) is 13.2 Å². The summed E-state index contributed by atoms with van der Waals surface area (Å²) in [6, 6.07) is 7.57. The van der Waals surface area contributed by atoms with E-state index in [1.807, 2.05) is 29.2 Å². The number of para-hydroxylation sites is 2. The van der Waals surface area contributed by atoms with Gasteiger partial charge in [0.15, 0.2) is 0 Å². The quantitative estimate of drug-likeness (QED) is 0.840. The van der Waals surface area contributed by atoms with Gasteiger partial charge in [0.25, 0.3) is 5.56 Å². The Morgan fingerprint density at radius 3 is 3.00 bits per heavy atom. The molecule has 2 heterocycles. The van der Waals surface area contributed by atoms with Gasteiger partial charge in [-0.15, -0.1) is 0 Å². The largest absolute Gasteiger partial charge is 0.374 e. The van der Waals surface area contributed by atoms with Crippen LogP contribution in [0.4, 0.5) is 0 Å². The van der Waals surface area contributed by atoms with Gasteiger partial charge >= 0.3 is 0 Å². The second kappa shape index (κ2) is 6.36. The average Bonchev–Trinajstić information content (AvgIpc) is 2.63. The van der Waals surface area contributed by atoms with Crippen LogP contribution in [0.15, 0.2) is 35.3 Å². The Labute approximate surface area is 140 Å². The van der Waals surface area contributed by atoms with Crippen molar-refractivity contribution in [3.8, 4) is 0 Å². The minimum absolute atomic E-state index is 0.00588. The zero-order valence-electron chi connectivity index (χ0n) is 13.6. The maximum absolute atomic E-state index is 12.9. The molecule has 24 heavy (non-hydrogen) atoms. The fourth-order valence-electron chi connectivity index (χ4n) is 3.91. The number of aromatic nitrogens is 2. The third-order valence-corrected chi connectivity index (χ3v) is 5.10. The number of nitrogens with zero attached hydrogens (tertiary/aromatic N) is 3. The van der Waals surface area contributed by atoms with Crippen LogP contribution in [0.2, 0.25) is 0 Å². The lowest BCUT2D eigenvalue weighted by Crippen LogP contribution is -2.55. The van der Waals surface area contributed by atoms with Gasteiger partial charge in [-0.3, -0.25) is 14.2 Å². The lowest BCUT2D eigenvalue weighted by Gasteiger charge is -2.43. The maximum Gasteiger partial charge on any atom is 0.269 e. The highest BCUT2D eigenvalue weighted by atomic mass is 16.5. The number of ether oxygens (including phenoxy) is 1. The molecule has 6 heteroatoms. The number of hydrogen-bond acceptors (Lipinski definition) is 4. The summed E-state index contributed by atoms with van der Waals surface area (Å²) in [5, 5.41) is 0. The highest BCUT2D eigenvalue weighted by Gasteiger charge is 2.36. The van der Waals surface area contributed by atoms with Gasteiger partial charge in [-0.05, 0) is 25.0 Å². The Balaban J connectivity index is 1.62. The van der Waals surface area contributed by atoms with Crippen molar-refractivity contribution in [2.24, 2.45) is 0 Å². The molecular weight excluding hydrogens is 306 g/mol. The van der Waals surface area contributed by atoms with Crippen LogP contribution in [0.5, 0.6) is 0 Å². The molecule has 2 fully saturated rings. The van der Waals surface area contributed by atoms with Gasteiger partial charge in [0.05, 0.1) is 36.0 Å². The van der Waals surface area contributed by atoms with Crippen molar-refractivity contribution in [3.05, 3.63) is 40.8 Å². The SMILES string of the molecule is O=C(Cn1c(=O)cnc2ccccc21)N1CCO[C@H]2CCCC[C@H]21. The van der Waals surface area contributed by atoms with E-state index >= 15 is 0 Å². The molecule has 6 nitrogen and oxygen atoms in total. The van der Waals surface area contributed by atoms with Gasteiger partial charge in [-0.1, -0.05) is 25.0 Å². The van der Waals surface area contributed by atoms with Crippen molar-refractivity contribution < 1.29 is 9.53 Å². The zero-order chi connectivity index (χ0) is 16.5.